The van der Waals surface area contributed by atoms with E-state index in [0.717, 1.165) is 12.0 Å². The van der Waals surface area contributed by atoms with Crippen molar-refractivity contribution in [1.82, 2.24) is 0 Å². The van der Waals surface area contributed by atoms with Gasteiger partial charge in [0.05, 0.1) is 0 Å². The lowest BCUT2D eigenvalue weighted by Gasteiger charge is -2.11. The van der Waals surface area contributed by atoms with Gasteiger partial charge in [-0.05, 0) is 36.1 Å². The molecule has 0 saturated carbocycles. The summed E-state index contributed by atoms with van der Waals surface area (Å²) < 4.78 is 40.9. The van der Waals surface area contributed by atoms with Crippen LogP contribution in [0.3, 0.4) is 0 Å². The van der Waals surface area contributed by atoms with Gasteiger partial charge in [-0.25, -0.2) is 0 Å². The maximum absolute atomic E-state index is 13.6. The van der Waals surface area contributed by atoms with E-state index in [1.165, 1.54) is 0 Å². The highest BCUT2D eigenvalue weighted by Crippen LogP contribution is 2.31. The molecule has 0 heterocycles. The Morgan fingerprint density at radius 1 is 0.962 bits per heavy atom. The van der Waals surface area contributed by atoms with Crippen molar-refractivity contribution in [1.29, 1.82) is 0 Å². The Labute approximate surface area is 153 Å². The Morgan fingerprint density at radius 3 is 2.15 bits per heavy atom. The summed E-state index contributed by atoms with van der Waals surface area (Å²) >= 11 is 0. The van der Waals surface area contributed by atoms with Crippen LogP contribution in [0.4, 0.5) is 13.2 Å². The molecule has 0 spiro atoms. The Balaban J connectivity index is 2.45. The summed E-state index contributed by atoms with van der Waals surface area (Å²) in [5, 5.41) is 0. The van der Waals surface area contributed by atoms with Gasteiger partial charge in [0.15, 0.2) is 0 Å². The van der Waals surface area contributed by atoms with E-state index in [9.17, 15) is 13.2 Å². The number of unbranched alkanes of at least 4 members (excludes halogenated alkanes) is 1. The number of benzene rings is 2. The Bertz CT molecular complexity index is 801. The van der Waals surface area contributed by atoms with Gasteiger partial charge in [-0.1, -0.05) is 85.9 Å². The van der Waals surface area contributed by atoms with Crippen molar-refractivity contribution in [3.8, 4) is 11.8 Å². The fourth-order valence-electron chi connectivity index (χ4n) is 2.41. The van der Waals surface area contributed by atoms with Crippen LogP contribution < -0.4 is 0 Å². The maximum atomic E-state index is 13.6. The molecule has 0 N–H and O–H groups in total. The molecule has 2 aromatic rings. The van der Waals surface area contributed by atoms with Crippen LogP contribution in [0, 0.1) is 11.8 Å². The van der Waals surface area contributed by atoms with Gasteiger partial charge in [0.2, 0.25) is 0 Å². The van der Waals surface area contributed by atoms with Crippen LogP contribution in [0.25, 0.3) is 6.08 Å². The molecule has 0 nitrogen and oxygen atoms in total. The molecule has 0 fully saturated rings. The summed E-state index contributed by atoms with van der Waals surface area (Å²) in [6.45, 7) is 1.96. The van der Waals surface area contributed by atoms with Crippen LogP contribution in [0.5, 0.6) is 0 Å². The number of rotatable bonds is 5. The van der Waals surface area contributed by atoms with Crippen molar-refractivity contribution < 1.29 is 13.2 Å². The average Bonchev–Trinajstić information content (AvgIpc) is 2.64. The first-order chi connectivity index (χ1) is 12.5. The van der Waals surface area contributed by atoms with Crippen molar-refractivity contribution in [2.45, 2.75) is 32.4 Å². The van der Waals surface area contributed by atoms with Crippen LogP contribution in [0.1, 0.15) is 37.3 Å². The molecule has 0 unspecified atom stereocenters. The normalized spacial score (nSPS) is 12.5. The lowest BCUT2D eigenvalue weighted by Crippen LogP contribution is -2.13. The highest BCUT2D eigenvalue weighted by Gasteiger charge is 2.34. The summed E-state index contributed by atoms with van der Waals surface area (Å²) in [6, 6.07) is 18.0. The van der Waals surface area contributed by atoms with E-state index >= 15 is 0 Å². The zero-order valence-corrected chi connectivity index (χ0v) is 14.7. The van der Waals surface area contributed by atoms with E-state index in [2.05, 4.69) is 11.8 Å². The Kier molecular flexibility index (Phi) is 7.29. The van der Waals surface area contributed by atoms with E-state index in [1.54, 1.807) is 42.5 Å². The van der Waals surface area contributed by atoms with Gasteiger partial charge < -0.3 is 0 Å². The average molecular weight is 354 g/mol. The molecule has 0 aliphatic heterocycles. The molecule has 0 atom stereocenters. The lowest BCUT2D eigenvalue weighted by atomic mass is 10.00. The largest absolute Gasteiger partial charge is 0.424 e. The van der Waals surface area contributed by atoms with Gasteiger partial charge in [0.25, 0.3) is 0 Å². The number of alkyl halides is 3. The second-order valence-corrected chi connectivity index (χ2v) is 5.86. The SMILES string of the molecule is CCCCC(/C=C/c1ccccc1)=C(\C#Cc1ccccc1)C(F)(F)F. The smallest absolute Gasteiger partial charge is 0.165 e. The number of halogens is 3. The Morgan fingerprint density at radius 2 is 1.58 bits per heavy atom. The number of allylic oxidation sites excluding steroid dienone is 3. The third-order valence-electron chi connectivity index (χ3n) is 3.79. The molecule has 26 heavy (non-hydrogen) atoms. The predicted molar refractivity (Wildman–Crippen MR) is 101 cm³/mol. The quantitative estimate of drug-likeness (QED) is 0.409. The second-order valence-electron chi connectivity index (χ2n) is 5.86. The van der Waals surface area contributed by atoms with Crippen LogP contribution in [-0.4, -0.2) is 6.18 Å². The molecular formula is C23H21F3. The highest BCUT2D eigenvalue weighted by molar-refractivity contribution is 5.56. The van der Waals surface area contributed by atoms with Gasteiger partial charge in [-0.2, -0.15) is 13.2 Å². The molecule has 0 bridgehead atoms. The van der Waals surface area contributed by atoms with Gasteiger partial charge in [-0.3, -0.25) is 0 Å². The van der Waals surface area contributed by atoms with E-state index in [0.29, 0.717) is 18.4 Å². The summed E-state index contributed by atoms with van der Waals surface area (Å²) in [7, 11) is 0. The molecule has 0 radical (unpaired) electrons. The molecule has 0 aromatic heterocycles. The molecule has 2 aromatic carbocycles. The van der Waals surface area contributed by atoms with E-state index in [4.69, 9.17) is 0 Å². The van der Waals surface area contributed by atoms with Crippen LogP contribution in [0.15, 0.2) is 77.9 Å². The summed E-state index contributed by atoms with van der Waals surface area (Å²) in [4.78, 5) is 0. The third-order valence-corrected chi connectivity index (χ3v) is 3.79. The fraction of sp³-hybridized carbons (Fsp3) is 0.217. The first kappa shape index (κ1) is 19.6. The molecule has 134 valence electrons. The van der Waals surface area contributed by atoms with Crippen LogP contribution in [-0.2, 0) is 0 Å². The van der Waals surface area contributed by atoms with Crippen molar-refractivity contribution in [3.63, 3.8) is 0 Å². The van der Waals surface area contributed by atoms with E-state index < -0.39 is 11.7 Å². The Hall–Kier alpha value is -2.73. The zero-order valence-electron chi connectivity index (χ0n) is 14.7. The third kappa shape index (κ3) is 6.29. The van der Waals surface area contributed by atoms with Crippen molar-refractivity contribution in [3.05, 3.63) is 89.0 Å². The van der Waals surface area contributed by atoms with Crippen molar-refractivity contribution in [2.75, 3.05) is 0 Å². The minimum Gasteiger partial charge on any atom is -0.165 e. The predicted octanol–water partition coefficient (Wildman–Crippen LogP) is 6.80. The van der Waals surface area contributed by atoms with Crippen LogP contribution in [0.2, 0.25) is 0 Å². The molecule has 0 aliphatic carbocycles. The minimum absolute atomic E-state index is 0.228. The van der Waals surface area contributed by atoms with Crippen LogP contribution >= 0.6 is 0 Å². The molecule has 3 heteroatoms. The van der Waals surface area contributed by atoms with Gasteiger partial charge in [-0.15, -0.1) is 0 Å². The monoisotopic (exact) mass is 354 g/mol. The minimum atomic E-state index is -4.48. The second kappa shape index (κ2) is 9.68. The molecular weight excluding hydrogens is 333 g/mol. The fourth-order valence-corrected chi connectivity index (χ4v) is 2.41. The molecule has 0 aliphatic rings. The zero-order chi connectivity index (χ0) is 18.8. The van der Waals surface area contributed by atoms with Gasteiger partial charge >= 0.3 is 6.18 Å². The summed E-state index contributed by atoms with van der Waals surface area (Å²) in [5.74, 6) is 5.02. The van der Waals surface area contributed by atoms with E-state index in [-0.39, 0.29) is 5.57 Å². The molecule has 0 amide bonds. The highest BCUT2D eigenvalue weighted by atomic mass is 19.4. The van der Waals surface area contributed by atoms with Crippen molar-refractivity contribution in [2.24, 2.45) is 0 Å². The maximum Gasteiger partial charge on any atom is 0.424 e. The van der Waals surface area contributed by atoms with Gasteiger partial charge in [0, 0.05) is 5.56 Å². The first-order valence-corrected chi connectivity index (χ1v) is 8.61. The summed E-state index contributed by atoms with van der Waals surface area (Å²) in [5.41, 5.74) is 0.892. The first-order valence-electron chi connectivity index (χ1n) is 8.61. The lowest BCUT2D eigenvalue weighted by molar-refractivity contribution is -0.0879. The number of hydrogen-bond donors (Lipinski definition) is 0. The number of hydrogen-bond acceptors (Lipinski definition) is 0. The summed E-state index contributed by atoms with van der Waals surface area (Å²) in [6.07, 6.45) is 0.624. The van der Waals surface area contributed by atoms with E-state index in [1.807, 2.05) is 37.3 Å². The molecule has 0 saturated heterocycles. The molecule has 2 rings (SSSR count). The topological polar surface area (TPSA) is 0 Å². The van der Waals surface area contributed by atoms with Crippen molar-refractivity contribution >= 4 is 6.08 Å². The van der Waals surface area contributed by atoms with Gasteiger partial charge in [0.1, 0.15) is 5.57 Å². The standard InChI is InChI=1S/C23H21F3/c1-2-3-14-21(17-15-19-10-6-4-7-11-19)22(23(24,25)26)18-16-20-12-8-5-9-13-20/h4-13,15,17H,2-3,14H2,1H3/b17-15+,22-21-.